The summed E-state index contributed by atoms with van der Waals surface area (Å²) in [5, 5.41) is 4.58. The predicted molar refractivity (Wildman–Crippen MR) is 82.4 cm³/mol. The molecule has 9 heteroatoms. The van der Waals surface area contributed by atoms with E-state index in [0.717, 1.165) is 0 Å². The third kappa shape index (κ3) is 11.2. The van der Waals surface area contributed by atoms with Gasteiger partial charge in [-0.1, -0.05) is 13.3 Å². The number of carbonyl (C=O) groups is 2. The first-order valence-electron chi connectivity index (χ1n) is 8.02. The van der Waals surface area contributed by atoms with Gasteiger partial charge in [-0.15, -0.1) is 0 Å². The minimum absolute atomic E-state index is 0.0518. The molecule has 0 saturated heterocycles. The molecule has 6 nitrogen and oxygen atoms in total. The molecule has 0 rings (SSSR count). The molecule has 0 aromatic carbocycles. The fourth-order valence-corrected chi connectivity index (χ4v) is 1.97. The van der Waals surface area contributed by atoms with Crippen LogP contribution in [0.5, 0.6) is 0 Å². The van der Waals surface area contributed by atoms with Gasteiger partial charge in [-0.25, -0.2) is 0 Å². The van der Waals surface area contributed by atoms with Crippen molar-refractivity contribution >= 4 is 11.8 Å². The number of rotatable bonds is 13. The van der Waals surface area contributed by atoms with Gasteiger partial charge in [0.1, 0.15) is 0 Å². The van der Waals surface area contributed by atoms with Gasteiger partial charge in [0.15, 0.2) is 0 Å². The van der Waals surface area contributed by atoms with Gasteiger partial charge in [0.05, 0.1) is 19.8 Å². The fourth-order valence-electron chi connectivity index (χ4n) is 1.97. The van der Waals surface area contributed by atoms with Crippen molar-refractivity contribution in [3.05, 3.63) is 0 Å². The van der Waals surface area contributed by atoms with E-state index < -0.39 is 12.1 Å². The van der Waals surface area contributed by atoms with E-state index in [-0.39, 0.29) is 18.4 Å². The number of hydrogen-bond donors (Lipinski definition) is 2. The van der Waals surface area contributed by atoms with Crippen LogP contribution < -0.4 is 10.6 Å². The van der Waals surface area contributed by atoms with Crippen molar-refractivity contribution in [3.63, 3.8) is 0 Å². The summed E-state index contributed by atoms with van der Waals surface area (Å²) in [4.78, 5) is 22.6. The molecule has 0 fully saturated rings. The van der Waals surface area contributed by atoms with Crippen molar-refractivity contribution in [1.29, 1.82) is 0 Å². The second-order valence-corrected chi connectivity index (χ2v) is 5.25. The van der Waals surface area contributed by atoms with Crippen molar-refractivity contribution < 1.29 is 32.2 Å². The molecule has 0 spiro atoms. The summed E-state index contributed by atoms with van der Waals surface area (Å²) in [5.74, 6) is -2.21. The normalized spacial score (nSPS) is 12.7. The predicted octanol–water partition coefficient (Wildman–Crippen LogP) is 1.64. The summed E-state index contributed by atoms with van der Waals surface area (Å²) < 4.78 is 46.0. The molecule has 0 aliphatic rings. The van der Waals surface area contributed by atoms with Gasteiger partial charge in [-0.2, -0.15) is 13.2 Å². The van der Waals surface area contributed by atoms with Crippen molar-refractivity contribution in [2.75, 3.05) is 40.0 Å². The molecule has 0 aliphatic carbocycles. The van der Waals surface area contributed by atoms with Crippen LogP contribution in [0.25, 0.3) is 0 Å². The lowest BCUT2D eigenvalue weighted by atomic mass is 9.98. The lowest BCUT2D eigenvalue weighted by Gasteiger charge is -2.15. The van der Waals surface area contributed by atoms with E-state index >= 15 is 0 Å². The Labute approximate surface area is 140 Å². The van der Waals surface area contributed by atoms with Gasteiger partial charge in [0.2, 0.25) is 5.91 Å². The molecule has 0 aromatic heterocycles. The highest BCUT2D eigenvalue weighted by Gasteiger charge is 2.38. The van der Waals surface area contributed by atoms with Crippen molar-refractivity contribution in [3.8, 4) is 0 Å². The Kier molecular flexibility index (Phi) is 12.3. The summed E-state index contributed by atoms with van der Waals surface area (Å²) in [5.41, 5.74) is 0. The highest BCUT2D eigenvalue weighted by molar-refractivity contribution is 5.81. The van der Waals surface area contributed by atoms with Crippen molar-refractivity contribution in [2.24, 2.45) is 5.92 Å². The standard InChI is InChI=1S/C15H27F3N2O4/c1-3-12(13(21)19-8-9-24-11-10-23-2)6-4-5-7-20-14(22)15(16,17)18/h12H,3-11H2,1-2H3,(H,19,21)(H,20,22). The third-order valence-electron chi connectivity index (χ3n) is 3.36. The molecule has 2 amide bonds. The lowest BCUT2D eigenvalue weighted by Crippen LogP contribution is -2.37. The summed E-state index contributed by atoms with van der Waals surface area (Å²) >= 11 is 0. The number of halogens is 3. The van der Waals surface area contributed by atoms with E-state index in [2.05, 4.69) is 5.32 Å². The third-order valence-corrected chi connectivity index (χ3v) is 3.36. The Balaban J connectivity index is 3.78. The Morgan fingerprint density at radius 1 is 1.04 bits per heavy atom. The van der Waals surface area contributed by atoms with E-state index in [1.807, 2.05) is 12.2 Å². The first kappa shape index (κ1) is 22.6. The summed E-state index contributed by atoms with van der Waals surface area (Å²) in [6.45, 7) is 3.59. The highest BCUT2D eigenvalue weighted by atomic mass is 19.4. The Hall–Kier alpha value is -1.35. The SMILES string of the molecule is CCC(CCCCNC(=O)C(F)(F)F)C(=O)NCCOCCOC. The van der Waals surface area contributed by atoms with Crippen LogP contribution in [0.1, 0.15) is 32.6 Å². The number of unbranched alkanes of at least 4 members (excludes halogenated alkanes) is 1. The van der Waals surface area contributed by atoms with Crippen LogP contribution in [-0.4, -0.2) is 58.0 Å². The maximum Gasteiger partial charge on any atom is 0.471 e. The van der Waals surface area contributed by atoms with E-state index in [9.17, 15) is 22.8 Å². The van der Waals surface area contributed by atoms with Crippen LogP contribution >= 0.6 is 0 Å². The molecule has 0 heterocycles. The Morgan fingerprint density at radius 2 is 1.75 bits per heavy atom. The van der Waals surface area contributed by atoms with Crippen LogP contribution in [0.4, 0.5) is 13.2 Å². The Bertz CT molecular complexity index is 365. The van der Waals surface area contributed by atoms with Crippen LogP contribution in [0, 0.1) is 5.92 Å². The monoisotopic (exact) mass is 356 g/mol. The molecule has 1 atom stereocenters. The zero-order valence-electron chi connectivity index (χ0n) is 14.2. The fraction of sp³-hybridized carbons (Fsp3) is 0.867. The van der Waals surface area contributed by atoms with Gasteiger partial charge in [0.25, 0.3) is 0 Å². The largest absolute Gasteiger partial charge is 0.471 e. The van der Waals surface area contributed by atoms with Gasteiger partial charge in [-0.3, -0.25) is 9.59 Å². The average Bonchev–Trinajstić information content (AvgIpc) is 2.52. The number of alkyl halides is 3. The summed E-state index contributed by atoms with van der Waals surface area (Å²) in [6, 6.07) is 0. The first-order valence-corrected chi connectivity index (χ1v) is 8.02. The molecule has 2 N–H and O–H groups in total. The number of hydrogen-bond acceptors (Lipinski definition) is 4. The number of nitrogens with one attached hydrogen (secondary N) is 2. The summed E-state index contributed by atoms with van der Waals surface area (Å²) in [6.07, 6.45) is -2.68. The first-order chi connectivity index (χ1) is 11.3. The zero-order valence-corrected chi connectivity index (χ0v) is 14.2. The smallest absolute Gasteiger partial charge is 0.382 e. The number of carbonyl (C=O) groups excluding carboxylic acids is 2. The van der Waals surface area contributed by atoms with Crippen molar-refractivity contribution in [2.45, 2.75) is 38.8 Å². The molecule has 142 valence electrons. The second-order valence-electron chi connectivity index (χ2n) is 5.25. The summed E-state index contributed by atoms with van der Waals surface area (Å²) in [7, 11) is 1.57. The van der Waals surface area contributed by atoms with Crippen molar-refractivity contribution in [1.82, 2.24) is 10.6 Å². The molecular formula is C15H27F3N2O4. The molecule has 0 aliphatic heterocycles. The Morgan fingerprint density at radius 3 is 2.33 bits per heavy atom. The number of amides is 2. The number of ether oxygens (including phenoxy) is 2. The molecule has 0 aromatic rings. The molecule has 24 heavy (non-hydrogen) atoms. The van der Waals surface area contributed by atoms with E-state index in [0.29, 0.717) is 52.0 Å². The van der Waals surface area contributed by atoms with Gasteiger partial charge in [-0.05, 0) is 19.3 Å². The van der Waals surface area contributed by atoms with Crippen LogP contribution in [0.15, 0.2) is 0 Å². The van der Waals surface area contributed by atoms with E-state index in [4.69, 9.17) is 9.47 Å². The minimum Gasteiger partial charge on any atom is -0.382 e. The van der Waals surface area contributed by atoms with E-state index in [1.165, 1.54) is 0 Å². The van der Waals surface area contributed by atoms with Gasteiger partial charge < -0.3 is 20.1 Å². The molecule has 0 bridgehead atoms. The molecule has 0 saturated carbocycles. The van der Waals surface area contributed by atoms with Crippen LogP contribution in [-0.2, 0) is 19.1 Å². The second kappa shape index (κ2) is 13.0. The van der Waals surface area contributed by atoms with Gasteiger partial charge >= 0.3 is 12.1 Å². The quantitative estimate of drug-likeness (QED) is 0.492. The molecular weight excluding hydrogens is 329 g/mol. The topological polar surface area (TPSA) is 76.7 Å². The number of methoxy groups -OCH3 is 1. The molecule has 1 unspecified atom stereocenters. The maximum absolute atomic E-state index is 12.0. The molecule has 0 radical (unpaired) electrons. The van der Waals surface area contributed by atoms with Crippen LogP contribution in [0.3, 0.4) is 0 Å². The van der Waals surface area contributed by atoms with Crippen LogP contribution in [0.2, 0.25) is 0 Å². The highest BCUT2D eigenvalue weighted by Crippen LogP contribution is 2.15. The average molecular weight is 356 g/mol. The zero-order chi connectivity index (χ0) is 18.4. The maximum atomic E-state index is 12.0. The lowest BCUT2D eigenvalue weighted by molar-refractivity contribution is -0.173. The van der Waals surface area contributed by atoms with E-state index in [1.54, 1.807) is 7.11 Å². The minimum atomic E-state index is -4.85. The van der Waals surface area contributed by atoms with Gasteiger partial charge in [0, 0.05) is 26.1 Å².